The van der Waals surface area contributed by atoms with E-state index in [-0.39, 0.29) is 27.9 Å². The lowest BCUT2D eigenvalue weighted by molar-refractivity contribution is 0.0600. The first kappa shape index (κ1) is 17.8. The molecule has 0 aliphatic heterocycles. The van der Waals surface area contributed by atoms with Gasteiger partial charge in [-0.3, -0.25) is 4.68 Å². The second-order valence-electron chi connectivity index (χ2n) is 6.12. The molecule has 6 nitrogen and oxygen atoms in total. The SMILES string of the molecule is COC(=O)c1ccn2cc(-c3c(F)cc(F)cc3-c3cn(C)nc3F)nc2c1. The highest BCUT2D eigenvalue weighted by atomic mass is 19.1. The van der Waals surface area contributed by atoms with E-state index < -0.39 is 23.6 Å². The molecule has 4 aromatic rings. The van der Waals surface area contributed by atoms with Crippen LogP contribution in [0.15, 0.2) is 42.9 Å². The molecule has 28 heavy (non-hydrogen) atoms. The van der Waals surface area contributed by atoms with E-state index >= 15 is 0 Å². The van der Waals surface area contributed by atoms with Crippen LogP contribution >= 0.6 is 0 Å². The average Bonchev–Trinajstić information content (AvgIpc) is 3.21. The number of carbonyl (C=O) groups excluding carboxylic acids is 1. The van der Waals surface area contributed by atoms with Crippen LogP contribution in [-0.4, -0.2) is 32.2 Å². The highest BCUT2D eigenvalue weighted by Crippen LogP contribution is 2.35. The summed E-state index contributed by atoms with van der Waals surface area (Å²) < 4.78 is 50.2. The van der Waals surface area contributed by atoms with Crippen molar-refractivity contribution in [2.24, 2.45) is 7.05 Å². The van der Waals surface area contributed by atoms with E-state index in [1.807, 2.05) is 0 Å². The van der Waals surface area contributed by atoms with Crippen LogP contribution in [0.3, 0.4) is 0 Å². The quantitative estimate of drug-likeness (QED) is 0.505. The van der Waals surface area contributed by atoms with Gasteiger partial charge in [0.25, 0.3) is 0 Å². The zero-order valence-corrected chi connectivity index (χ0v) is 14.8. The molecule has 3 heterocycles. The number of imidazole rings is 1. The van der Waals surface area contributed by atoms with Gasteiger partial charge in [0, 0.05) is 42.8 Å². The Morgan fingerprint density at radius 3 is 2.57 bits per heavy atom. The summed E-state index contributed by atoms with van der Waals surface area (Å²) in [5.74, 6) is -3.14. The van der Waals surface area contributed by atoms with Crippen LogP contribution in [0.1, 0.15) is 10.4 Å². The Bertz CT molecular complexity index is 1230. The molecule has 0 bridgehead atoms. The highest BCUT2D eigenvalue weighted by Gasteiger charge is 2.21. The lowest BCUT2D eigenvalue weighted by Gasteiger charge is -2.07. The van der Waals surface area contributed by atoms with E-state index in [4.69, 9.17) is 0 Å². The molecule has 0 saturated carbocycles. The number of fused-ring (bicyclic) bond motifs is 1. The van der Waals surface area contributed by atoms with Crippen LogP contribution in [0.2, 0.25) is 0 Å². The number of esters is 1. The Labute approximate surface area is 156 Å². The molecular formula is C19H13F3N4O2. The summed E-state index contributed by atoms with van der Waals surface area (Å²) in [6.45, 7) is 0. The predicted octanol–water partition coefficient (Wildman–Crippen LogP) is 3.61. The number of hydrogen-bond acceptors (Lipinski definition) is 4. The third kappa shape index (κ3) is 2.90. The molecule has 0 saturated heterocycles. The van der Waals surface area contributed by atoms with Crippen LogP contribution in [0.25, 0.3) is 28.0 Å². The Kier molecular flexibility index (Phi) is 4.14. The Morgan fingerprint density at radius 1 is 1.11 bits per heavy atom. The number of aryl methyl sites for hydroxylation is 1. The van der Waals surface area contributed by atoms with Crippen LogP contribution in [0.5, 0.6) is 0 Å². The first-order valence-corrected chi connectivity index (χ1v) is 8.13. The smallest absolute Gasteiger partial charge is 0.338 e. The molecule has 3 aromatic heterocycles. The van der Waals surface area contributed by atoms with E-state index in [2.05, 4.69) is 14.8 Å². The summed E-state index contributed by atoms with van der Waals surface area (Å²) in [6, 6.07) is 4.73. The standard InChI is InChI=1S/C19H13F3N4O2/c1-25-8-13(18(22)24-25)12-6-11(20)7-14(21)17(12)15-9-26-4-3-10(19(27)28-2)5-16(26)23-15/h3-9H,1-2H3. The average molecular weight is 386 g/mol. The molecule has 0 aliphatic carbocycles. The summed E-state index contributed by atoms with van der Waals surface area (Å²) in [5, 5.41) is 3.59. The molecule has 0 spiro atoms. The Balaban J connectivity index is 1.94. The van der Waals surface area contributed by atoms with E-state index in [1.54, 1.807) is 10.6 Å². The number of aromatic nitrogens is 4. The topological polar surface area (TPSA) is 61.4 Å². The van der Waals surface area contributed by atoms with Crippen LogP contribution in [0.4, 0.5) is 13.2 Å². The molecule has 4 rings (SSSR count). The second-order valence-corrected chi connectivity index (χ2v) is 6.12. The van der Waals surface area contributed by atoms with Crippen molar-refractivity contribution >= 4 is 11.6 Å². The molecule has 0 unspecified atom stereocenters. The van der Waals surface area contributed by atoms with Gasteiger partial charge in [0.05, 0.1) is 23.9 Å². The third-order valence-corrected chi connectivity index (χ3v) is 4.27. The summed E-state index contributed by atoms with van der Waals surface area (Å²) in [7, 11) is 2.76. The molecule has 0 N–H and O–H groups in total. The van der Waals surface area contributed by atoms with Crippen molar-refractivity contribution in [1.29, 1.82) is 0 Å². The van der Waals surface area contributed by atoms with Crippen molar-refractivity contribution in [3.05, 3.63) is 66.0 Å². The van der Waals surface area contributed by atoms with Crippen molar-refractivity contribution in [3.8, 4) is 22.4 Å². The largest absolute Gasteiger partial charge is 0.465 e. The minimum Gasteiger partial charge on any atom is -0.465 e. The van der Waals surface area contributed by atoms with E-state index in [0.29, 0.717) is 11.7 Å². The molecule has 0 aliphatic rings. The summed E-state index contributed by atoms with van der Waals surface area (Å²) in [6.07, 6.45) is 4.40. The number of ether oxygens (including phenoxy) is 1. The lowest BCUT2D eigenvalue weighted by atomic mass is 9.99. The van der Waals surface area contributed by atoms with Crippen LogP contribution < -0.4 is 0 Å². The number of carbonyl (C=O) groups is 1. The van der Waals surface area contributed by atoms with Gasteiger partial charge in [-0.2, -0.15) is 4.39 Å². The van der Waals surface area contributed by atoms with Crippen molar-refractivity contribution in [1.82, 2.24) is 19.2 Å². The third-order valence-electron chi connectivity index (χ3n) is 4.27. The first-order chi connectivity index (χ1) is 13.4. The van der Waals surface area contributed by atoms with Crippen molar-refractivity contribution in [2.45, 2.75) is 0 Å². The maximum absolute atomic E-state index is 14.7. The van der Waals surface area contributed by atoms with Gasteiger partial charge in [-0.25, -0.2) is 18.6 Å². The molecule has 0 radical (unpaired) electrons. The predicted molar refractivity (Wildman–Crippen MR) is 94.0 cm³/mol. The minimum atomic E-state index is -0.894. The zero-order chi connectivity index (χ0) is 20.0. The van der Waals surface area contributed by atoms with Gasteiger partial charge in [-0.05, 0) is 18.2 Å². The minimum absolute atomic E-state index is 0.0142. The maximum atomic E-state index is 14.7. The van der Waals surface area contributed by atoms with Gasteiger partial charge in [-0.1, -0.05) is 0 Å². The van der Waals surface area contributed by atoms with Crippen molar-refractivity contribution in [2.75, 3.05) is 7.11 Å². The summed E-state index contributed by atoms with van der Waals surface area (Å²) in [5.41, 5.74) is 0.627. The van der Waals surface area contributed by atoms with Crippen LogP contribution in [-0.2, 0) is 11.8 Å². The lowest BCUT2D eigenvalue weighted by Crippen LogP contribution is -2.01. The number of nitrogens with zero attached hydrogens (tertiary/aromatic N) is 4. The zero-order valence-electron chi connectivity index (χ0n) is 14.8. The number of halogens is 3. The van der Waals surface area contributed by atoms with E-state index in [0.717, 1.165) is 6.07 Å². The highest BCUT2D eigenvalue weighted by molar-refractivity contribution is 5.90. The number of rotatable bonds is 3. The van der Waals surface area contributed by atoms with Gasteiger partial charge >= 0.3 is 5.97 Å². The van der Waals surface area contributed by atoms with E-state index in [9.17, 15) is 18.0 Å². The van der Waals surface area contributed by atoms with Gasteiger partial charge in [0.15, 0.2) is 0 Å². The fraction of sp³-hybridized carbons (Fsp3) is 0.105. The van der Waals surface area contributed by atoms with Gasteiger partial charge in [0.1, 0.15) is 17.3 Å². The number of pyridine rings is 1. The number of benzene rings is 1. The van der Waals surface area contributed by atoms with Crippen molar-refractivity contribution in [3.63, 3.8) is 0 Å². The number of methoxy groups -OCH3 is 1. The molecule has 0 atom stereocenters. The van der Waals surface area contributed by atoms with Crippen molar-refractivity contribution < 1.29 is 22.7 Å². The molecule has 1 aromatic carbocycles. The van der Waals surface area contributed by atoms with Gasteiger partial charge in [0.2, 0.25) is 5.95 Å². The monoisotopic (exact) mass is 386 g/mol. The maximum Gasteiger partial charge on any atom is 0.338 e. The summed E-state index contributed by atoms with van der Waals surface area (Å²) >= 11 is 0. The normalized spacial score (nSPS) is 11.2. The molecule has 0 amide bonds. The second kappa shape index (κ2) is 6.52. The fourth-order valence-corrected chi connectivity index (χ4v) is 3.04. The van der Waals surface area contributed by atoms with Crippen LogP contribution in [0, 0.1) is 17.6 Å². The fourth-order valence-electron chi connectivity index (χ4n) is 3.04. The Hall–Kier alpha value is -3.62. The molecule has 142 valence electrons. The summed E-state index contributed by atoms with van der Waals surface area (Å²) in [4.78, 5) is 16.0. The first-order valence-electron chi connectivity index (χ1n) is 8.13. The molecule has 9 heteroatoms. The molecular weight excluding hydrogens is 373 g/mol. The molecule has 0 fully saturated rings. The van der Waals surface area contributed by atoms with Gasteiger partial charge in [-0.15, -0.1) is 5.10 Å². The van der Waals surface area contributed by atoms with E-state index in [1.165, 1.54) is 43.4 Å². The Morgan fingerprint density at radius 2 is 1.89 bits per heavy atom. The number of hydrogen-bond donors (Lipinski definition) is 0. The van der Waals surface area contributed by atoms with Gasteiger partial charge < -0.3 is 9.14 Å².